The van der Waals surface area contributed by atoms with Crippen LogP contribution in [-0.2, 0) is 9.53 Å². The molecule has 1 saturated carbocycles. The smallest absolute Gasteiger partial charge is 0.302 e. The average molecular weight is 452 g/mol. The lowest BCUT2D eigenvalue weighted by Gasteiger charge is -2.10. The van der Waals surface area contributed by atoms with Gasteiger partial charge in [-0.05, 0) is 38.0 Å². The number of hydrogen-bond acceptors (Lipinski definition) is 8. The molecule has 3 rings (SSSR count). The maximum Gasteiger partial charge on any atom is 0.302 e. The van der Waals surface area contributed by atoms with Gasteiger partial charge in [0.15, 0.2) is 11.5 Å². The van der Waals surface area contributed by atoms with Crippen molar-refractivity contribution in [2.24, 2.45) is 11.8 Å². The highest BCUT2D eigenvalue weighted by Crippen LogP contribution is 2.36. The Balaban J connectivity index is 0.000000328. The summed E-state index contributed by atoms with van der Waals surface area (Å²) in [6, 6.07) is 6.15. The molecule has 33 heavy (non-hydrogen) atoms. The summed E-state index contributed by atoms with van der Waals surface area (Å²) < 4.78 is 5.25. The maximum atomic E-state index is 11.0. The minimum Gasteiger partial charge on any atom is -0.463 e. The van der Waals surface area contributed by atoms with Crippen molar-refractivity contribution in [2.75, 3.05) is 5.32 Å². The Morgan fingerprint density at radius 3 is 2.61 bits per heavy atom. The van der Waals surface area contributed by atoms with Gasteiger partial charge >= 0.3 is 5.97 Å². The van der Waals surface area contributed by atoms with Gasteiger partial charge in [-0.3, -0.25) is 9.89 Å². The molecule has 0 radical (unpaired) electrons. The summed E-state index contributed by atoms with van der Waals surface area (Å²) in [4.78, 5) is 19.0. The summed E-state index contributed by atoms with van der Waals surface area (Å²) in [5, 5.41) is 27.6. The molecule has 2 aromatic heterocycles. The van der Waals surface area contributed by atoms with E-state index in [1.807, 2.05) is 12.1 Å². The van der Waals surface area contributed by atoms with E-state index in [1.165, 1.54) is 25.7 Å². The molecule has 0 aromatic carbocycles. The third-order valence-corrected chi connectivity index (χ3v) is 5.84. The first-order valence-corrected chi connectivity index (χ1v) is 11.5. The van der Waals surface area contributed by atoms with Gasteiger partial charge in [0, 0.05) is 30.5 Å². The van der Waals surface area contributed by atoms with E-state index >= 15 is 0 Å². The van der Waals surface area contributed by atoms with Crippen LogP contribution in [0.25, 0.3) is 0 Å². The van der Waals surface area contributed by atoms with Crippen molar-refractivity contribution in [1.82, 2.24) is 20.2 Å². The number of nitriles is 2. The number of hydrogen-bond donors (Lipinski definition) is 2. The van der Waals surface area contributed by atoms with Crippen molar-refractivity contribution in [3.63, 3.8) is 0 Å². The second-order valence-electron chi connectivity index (χ2n) is 8.46. The topological polar surface area (TPSA) is 140 Å². The number of aromatic amines is 1. The second-order valence-corrected chi connectivity index (χ2v) is 8.46. The zero-order valence-electron chi connectivity index (χ0n) is 19.8. The van der Waals surface area contributed by atoms with Crippen LogP contribution in [-0.4, -0.2) is 32.2 Å². The largest absolute Gasteiger partial charge is 0.463 e. The van der Waals surface area contributed by atoms with E-state index in [-0.39, 0.29) is 23.7 Å². The third-order valence-electron chi connectivity index (χ3n) is 5.84. The molecule has 9 nitrogen and oxygen atoms in total. The molecule has 2 aromatic rings. The number of aromatic nitrogens is 4. The standard InChI is InChI=1S/C15H16N6O2.C9H17N/c1-9(22)23-12-3-2-10(4-12)13-5-14(21-20-13)19-15-8-17-11(6-16)7-18-15;1-4-8(3)6-9(5-2)7-10/h5,7-8,10,12H,2-4H2,1H3,(H2,18,19,20,21);8-9H,4-6H2,1-3H3. The molecule has 0 saturated heterocycles. The Morgan fingerprint density at radius 2 is 2.03 bits per heavy atom. The summed E-state index contributed by atoms with van der Waals surface area (Å²) >= 11 is 0. The Kier molecular flexibility index (Phi) is 10.3. The molecule has 4 unspecified atom stereocenters. The molecule has 9 heteroatoms. The molecule has 1 fully saturated rings. The van der Waals surface area contributed by atoms with Gasteiger partial charge in [-0.2, -0.15) is 15.6 Å². The summed E-state index contributed by atoms with van der Waals surface area (Å²) in [5.74, 6) is 2.22. The SMILES string of the molecule is CC(=O)OC1CCC(c2cc(Nc3cnc(C#N)cn3)n[nH]2)C1.CCC(C)CC(C#N)CC. The molecule has 1 aliphatic carbocycles. The number of esters is 1. The number of rotatable bonds is 8. The maximum absolute atomic E-state index is 11.0. The van der Waals surface area contributed by atoms with Crippen molar-refractivity contribution in [3.8, 4) is 12.1 Å². The van der Waals surface area contributed by atoms with Gasteiger partial charge in [-0.25, -0.2) is 9.97 Å². The quantitative estimate of drug-likeness (QED) is 0.535. The molecule has 0 aliphatic heterocycles. The minimum atomic E-state index is -0.234. The zero-order valence-corrected chi connectivity index (χ0v) is 19.8. The van der Waals surface area contributed by atoms with Crippen LogP contribution in [0.3, 0.4) is 0 Å². The van der Waals surface area contributed by atoms with Crippen LogP contribution < -0.4 is 5.32 Å². The zero-order chi connectivity index (χ0) is 24.2. The number of H-pyrrole nitrogens is 1. The first-order chi connectivity index (χ1) is 15.9. The number of carbonyl (C=O) groups excluding carboxylic acids is 1. The normalized spacial score (nSPS) is 18.7. The lowest BCUT2D eigenvalue weighted by atomic mass is 9.93. The lowest BCUT2D eigenvalue weighted by molar-refractivity contribution is -0.145. The molecular weight excluding hydrogens is 418 g/mol. The van der Waals surface area contributed by atoms with Crippen molar-refractivity contribution in [2.45, 2.75) is 78.2 Å². The number of nitrogens with one attached hydrogen (secondary N) is 2. The number of nitrogens with zero attached hydrogens (tertiary/aromatic N) is 5. The summed E-state index contributed by atoms with van der Waals surface area (Å²) in [7, 11) is 0. The highest BCUT2D eigenvalue weighted by atomic mass is 16.5. The highest BCUT2D eigenvalue weighted by molar-refractivity contribution is 5.66. The number of anilines is 2. The molecule has 0 bridgehead atoms. The summed E-state index contributed by atoms with van der Waals surface area (Å²) in [5.41, 5.74) is 1.27. The van der Waals surface area contributed by atoms with Gasteiger partial charge in [0.2, 0.25) is 0 Å². The number of ether oxygens (including phenoxy) is 1. The first kappa shape index (κ1) is 25.8. The minimum absolute atomic E-state index is 0.0124. The van der Waals surface area contributed by atoms with Crippen LogP contribution >= 0.6 is 0 Å². The molecule has 2 heterocycles. The fraction of sp³-hybridized carbons (Fsp3) is 0.583. The molecule has 1 aliphatic rings. The van der Waals surface area contributed by atoms with Crippen molar-refractivity contribution < 1.29 is 9.53 Å². The van der Waals surface area contributed by atoms with Gasteiger partial charge < -0.3 is 10.1 Å². The van der Waals surface area contributed by atoms with E-state index < -0.39 is 0 Å². The van der Waals surface area contributed by atoms with E-state index in [1.54, 1.807) is 0 Å². The first-order valence-electron chi connectivity index (χ1n) is 11.5. The molecule has 0 spiro atoms. The Bertz CT molecular complexity index is 958. The highest BCUT2D eigenvalue weighted by Gasteiger charge is 2.29. The fourth-order valence-electron chi connectivity index (χ4n) is 3.72. The van der Waals surface area contributed by atoms with Gasteiger partial charge in [0.1, 0.15) is 18.0 Å². The molecule has 176 valence electrons. The fourth-order valence-corrected chi connectivity index (χ4v) is 3.72. The van der Waals surface area contributed by atoms with Crippen molar-refractivity contribution >= 4 is 17.6 Å². The third kappa shape index (κ3) is 8.53. The van der Waals surface area contributed by atoms with E-state index in [0.717, 1.165) is 37.8 Å². The van der Waals surface area contributed by atoms with E-state index in [0.29, 0.717) is 23.5 Å². The van der Waals surface area contributed by atoms with E-state index in [2.05, 4.69) is 52.3 Å². The molecular formula is C24H33N7O2. The average Bonchev–Trinajstić information content (AvgIpc) is 3.47. The Hall–Kier alpha value is -3.46. The summed E-state index contributed by atoms with van der Waals surface area (Å²) in [6.07, 6.45) is 8.76. The van der Waals surface area contributed by atoms with Crippen molar-refractivity contribution in [3.05, 3.63) is 29.8 Å². The molecule has 2 N–H and O–H groups in total. The van der Waals surface area contributed by atoms with Crippen LogP contribution in [0.15, 0.2) is 18.5 Å². The monoisotopic (exact) mass is 451 g/mol. The van der Waals surface area contributed by atoms with Crippen LogP contribution in [0.5, 0.6) is 0 Å². The van der Waals surface area contributed by atoms with Crippen LogP contribution in [0, 0.1) is 34.5 Å². The lowest BCUT2D eigenvalue weighted by Crippen LogP contribution is -2.12. The van der Waals surface area contributed by atoms with E-state index in [9.17, 15) is 4.79 Å². The summed E-state index contributed by atoms with van der Waals surface area (Å²) in [6.45, 7) is 7.90. The van der Waals surface area contributed by atoms with Gasteiger partial charge in [0.25, 0.3) is 0 Å². The predicted octanol–water partition coefficient (Wildman–Crippen LogP) is 4.99. The van der Waals surface area contributed by atoms with E-state index in [4.69, 9.17) is 15.3 Å². The van der Waals surface area contributed by atoms with Crippen LogP contribution in [0.4, 0.5) is 11.6 Å². The molecule has 4 atom stereocenters. The predicted molar refractivity (Wildman–Crippen MR) is 124 cm³/mol. The second kappa shape index (κ2) is 13.2. The van der Waals surface area contributed by atoms with Gasteiger partial charge in [0.05, 0.1) is 18.5 Å². The van der Waals surface area contributed by atoms with Gasteiger partial charge in [-0.1, -0.05) is 27.2 Å². The van der Waals surface area contributed by atoms with Gasteiger partial charge in [-0.15, -0.1) is 0 Å². The van der Waals surface area contributed by atoms with Crippen LogP contribution in [0.2, 0.25) is 0 Å². The van der Waals surface area contributed by atoms with Crippen LogP contribution in [0.1, 0.15) is 83.5 Å². The number of carbonyl (C=O) groups is 1. The van der Waals surface area contributed by atoms with Crippen molar-refractivity contribution in [1.29, 1.82) is 10.5 Å². The Morgan fingerprint density at radius 1 is 1.24 bits per heavy atom. The Labute approximate surface area is 195 Å². The molecule has 0 amide bonds.